The highest BCUT2D eigenvalue weighted by Gasteiger charge is 2.07. The second kappa shape index (κ2) is 11.9. The Hall–Kier alpha value is -1.62. The number of nitrogens with one attached hydrogen (secondary N) is 1. The van der Waals surface area contributed by atoms with E-state index in [0.29, 0.717) is 11.1 Å². The van der Waals surface area contributed by atoms with Crippen LogP contribution in [0.2, 0.25) is 0 Å². The lowest BCUT2D eigenvalue weighted by Gasteiger charge is -2.21. The number of nitrogens with zero attached hydrogens (tertiary/aromatic N) is 3. The molecular formula is C17H24FIN4. The van der Waals surface area contributed by atoms with Gasteiger partial charge in [-0.2, -0.15) is 5.26 Å². The number of benzene rings is 1. The fourth-order valence-electron chi connectivity index (χ4n) is 1.97. The van der Waals surface area contributed by atoms with Gasteiger partial charge in [-0.15, -0.1) is 30.6 Å². The van der Waals surface area contributed by atoms with E-state index in [4.69, 9.17) is 5.26 Å². The predicted octanol–water partition coefficient (Wildman–Crippen LogP) is 3.68. The molecule has 4 nitrogen and oxygen atoms in total. The number of nitriles is 1. The Morgan fingerprint density at radius 2 is 2.26 bits per heavy atom. The zero-order valence-electron chi connectivity index (χ0n) is 13.7. The van der Waals surface area contributed by atoms with Crippen LogP contribution in [0.1, 0.15) is 30.9 Å². The van der Waals surface area contributed by atoms with Crippen molar-refractivity contribution in [1.29, 1.82) is 5.26 Å². The monoisotopic (exact) mass is 430 g/mol. The third kappa shape index (κ3) is 7.46. The van der Waals surface area contributed by atoms with E-state index in [1.807, 2.05) is 31.0 Å². The van der Waals surface area contributed by atoms with Crippen LogP contribution >= 0.6 is 24.0 Å². The van der Waals surface area contributed by atoms with Crippen LogP contribution < -0.4 is 5.32 Å². The lowest BCUT2D eigenvalue weighted by molar-refractivity contribution is 0.469. The molecule has 0 aliphatic rings. The maximum atomic E-state index is 13.8. The van der Waals surface area contributed by atoms with Crippen LogP contribution in [-0.4, -0.2) is 31.0 Å². The van der Waals surface area contributed by atoms with Crippen molar-refractivity contribution < 1.29 is 4.39 Å². The molecule has 1 aromatic rings. The van der Waals surface area contributed by atoms with Crippen LogP contribution in [0.5, 0.6) is 0 Å². The molecule has 1 aromatic carbocycles. The highest BCUT2D eigenvalue weighted by molar-refractivity contribution is 14.0. The highest BCUT2D eigenvalue weighted by atomic mass is 127. The maximum absolute atomic E-state index is 13.8. The smallest absolute Gasteiger partial charge is 0.193 e. The molecule has 0 saturated heterocycles. The molecule has 0 amide bonds. The Morgan fingerprint density at radius 3 is 2.87 bits per heavy atom. The van der Waals surface area contributed by atoms with Gasteiger partial charge in [-0.3, -0.25) is 0 Å². The van der Waals surface area contributed by atoms with Gasteiger partial charge in [-0.1, -0.05) is 6.08 Å². The van der Waals surface area contributed by atoms with Crippen LogP contribution in [-0.2, 0) is 6.54 Å². The van der Waals surface area contributed by atoms with E-state index in [2.05, 4.69) is 16.9 Å². The zero-order chi connectivity index (χ0) is 16.4. The van der Waals surface area contributed by atoms with E-state index in [0.717, 1.165) is 31.9 Å². The van der Waals surface area contributed by atoms with Crippen molar-refractivity contribution >= 4 is 29.9 Å². The van der Waals surface area contributed by atoms with Crippen LogP contribution in [0.4, 0.5) is 4.39 Å². The number of aliphatic imine (C=N–C) groups is 1. The molecule has 1 N–H and O–H groups in total. The van der Waals surface area contributed by atoms with Crippen molar-refractivity contribution in [2.45, 2.75) is 26.3 Å². The molecule has 0 aliphatic carbocycles. The second-order valence-corrected chi connectivity index (χ2v) is 4.94. The van der Waals surface area contributed by atoms with E-state index in [-0.39, 0.29) is 36.3 Å². The van der Waals surface area contributed by atoms with E-state index in [9.17, 15) is 4.39 Å². The summed E-state index contributed by atoms with van der Waals surface area (Å²) in [7, 11) is 1.95. The van der Waals surface area contributed by atoms with Gasteiger partial charge in [-0.05, 0) is 38.0 Å². The molecule has 6 heteroatoms. The molecule has 1 rings (SSSR count). The first-order valence-corrected chi connectivity index (χ1v) is 7.41. The first-order chi connectivity index (χ1) is 10.6. The van der Waals surface area contributed by atoms with Crippen LogP contribution in [0, 0.1) is 17.1 Å². The average molecular weight is 430 g/mol. The summed E-state index contributed by atoms with van der Waals surface area (Å²) in [5, 5.41) is 12.1. The van der Waals surface area contributed by atoms with Gasteiger partial charge in [0.1, 0.15) is 5.82 Å². The summed E-state index contributed by atoms with van der Waals surface area (Å²) < 4.78 is 13.8. The van der Waals surface area contributed by atoms with Gasteiger partial charge in [0.05, 0.1) is 18.2 Å². The van der Waals surface area contributed by atoms with Crippen molar-refractivity contribution in [2.24, 2.45) is 4.99 Å². The number of halogens is 2. The third-order valence-electron chi connectivity index (χ3n) is 3.17. The molecule has 23 heavy (non-hydrogen) atoms. The topological polar surface area (TPSA) is 51.4 Å². The minimum Gasteiger partial charge on any atom is -0.357 e. The van der Waals surface area contributed by atoms with E-state index < -0.39 is 0 Å². The SMILES string of the molecule is C=CCCCN(C)C(=NCc1cc(C#N)ccc1F)NCC.I. The van der Waals surface area contributed by atoms with Crippen LogP contribution in [0.3, 0.4) is 0 Å². The summed E-state index contributed by atoms with van der Waals surface area (Å²) in [6.45, 7) is 7.49. The number of hydrogen-bond acceptors (Lipinski definition) is 2. The van der Waals surface area contributed by atoms with Crippen molar-refractivity contribution in [3.63, 3.8) is 0 Å². The Kier molecular flexibility index (Phi) is 11.0. The average Bonchev–Trinajstić information content (AvgIpc) is 2.52. The standard InChI is InChI=1S/C17H23FN4.HI/c1-4-6-7-10-22(3)17(20-5-2)21-13-15-11-14(12-19)8-9-16(15)18;/h4,8-9,11H,1,5-7,10,13H2,2-3H3,(H,20,21);1H. The second-order valence-electron chi connectivity index (χ2n) is 4.94. The first kappa shape index (κ1) is 21.4. The van der Waals surface area contributed by atoms with Crippen molar-refractivity contribution in [3.05, 3.63) is 47.8 Å². The zero-order valence-corrected chi connectivity index (χ0v) is 16.0. The van der Waals surface area contributed by atoms with Gasteiger partial charge >= 0.3 is 0 Å². The number of unbranched alkanes of at least 4 members (excludes halogenated alkanes) is 1. The number of guanidine groups is 1. The normalized spacial score (nSPS) is 10.4. The van der Waals surface area contributed by atoms with Crippen molar-refractivity contribution in [2.75, 3.05) is 20.1 Å². The molecule has 0 saturated carbocycles. The summed E-state index contributed by atoms with van der Waals surface area (Å²) in [5.74, 6) is 0.390. The molecule has 126 valence electrons. The largest absolute Gasteiger partial charge is 0.357 e. The van der Waals surface area contributed by atoms with Crippen LogP contribution in [0.15, 0.2) is 35.8 Å². The van der Waals surface area contributed by atoms with Gasteiger partial charge in [0.25, 0.3) is 0 Å². The molecule has 0 atom stereocenters. The molecular weight excluding hydrogens is 406 g/mol. The molecule has 0 bridgehead atoms. The third-order valence-corrected chi connectivity index (χ3v) is 3.17. The maximum Gasteiger partial charge on any atom is 0.193 e. The fourth-order valence-corrected chi connectivity index (χ4v) is 1.97. The first-order valence-electron chi connectivity index (χ1n) is 7.41. The Labute approximate surface area is 155 Å². The molecule has 0 radical (unpaired) electrons. The van der Waals surface area contributed by atoms with Gasteiger partial charge < -0.3 is 10.2 Å². The van der Waals surface area contributed by atoms with Gasteiger partial charge in [-0.25, -0.2) is 9.38 Å². The Bertz CT molecular complexity index is 566. The summed E-state index contributed by atoms with van der Waals surface area (Å²) in [6, 6.07) is 6.33. The molecule has 0 aliphatic heterocycles. The lowest BCUT2D eigenvalue weighted by Crippen LogP contribution is -2.39. The predicted molar refractivity (Wildman–Crippen MR) is 103 cm³/mol. The number of allylic oxidation sites excluding steroid dienone is 1. The molecule has 0 spiro atoms. The lowest BCUT2D eigenvalue weighted by atomic mass is 10.1. The minimum atomic E-state index is -0.340. The Balaban J connectivity index is 0.00000484. The summed E-state index contributed by atoms with van der Waals surface area (Å²) in [6.07, 6.45) is 3.83. The van der Waals surface area contributed by atoms with E-state index in [1.165, 1.54) is 12.1 Å². The summed E-state index contributed by atoms with van der Waals surface area (Å²) in [4.78, 5) is 6.47. The van der Waals surface area contributed by atoms with Crippen molar-refractivity contribution in [3.8, 4) is 6.07 Å². The van der Waals surface area contributed by atoms with E-state index in [1.54, 1.807) is 6.07 Å². The van der Waals surface area contributed by atoms with Crippen LogP contribution in [0.25, 0.3) is 0 Å². The molecule has 0 aromatic heterocycles. The highest BCUT2D eigenvalue weighted by Crippen LogP contribution is 2.11. The van der Waals surface area contributed by atoms with Gasteiger partial charge in [0.15, 0.2) is 5.96 Å². The van der Waals surface area contributed by atoms with E-state index >= 15 is 0 Å². The summed E-state index contributed by atoms with van der Waals surface area (Å²) >= 11 is 0. The van der Waals surface area contributed by atoms with Gasteiger partial charge in [0, 0.05) is 25.7 Å². The molecule has 0 fully saturated rings. The summed E-state index contributed by atoms with van der Waals surface area (Å²) in [5.41, 5.74) is 0.866. The number of hydrogen-bond donors (Lipinski definition) is 1. The molecule has 0 heterocycles. The minimum absolute atomic E-state index is 0. The molecule has 0 unspecified atom stereocenters. The quantitative estimate of drug-likeness (QED) is 0.236. The van der Waals surface area contributed by atoms with Crippen molar-refractivity contribution in [1.82, 2.24) is 10.2 Å². The fraction of sp³-hybridized carbons (Fsp3) is 0.412. The van der Waals surface area contributed by atoms with Gasteiger partial charge in [0.2, 0.25) is 0 Å². The Morgan fingerprint density at radius 1 is 1.52 bits per heavy atom. The number of rotatable bonds is 7.